The van der Waals surface area contributed by atoms with Crippen molar-refractivity contribution >= 4 is 17.7 Å². The molecule has 0 bridgehead atoms. The van der Waals surface area contributed by atoms with Crippen LogP contribution < -0.4 is 5.32 Å². The van der Waals surface area contributed by atoms with Crippen LogP contribution in [0.25, 0.3) is 0 Å². The van der Waals surface area contributed by atoms with Gasteiger partial charge in [-0.25, -0.2) is 0 Å². The van der Waals surface area contributed by atoms with Crippen molar-refractivity contribution in [3.63, 3.8) is 0 Å². The molecule has 0 radical (unpaired) electrons. The van der Waals surface area contributed by atoms with E-state index in [4.69, 9.17) is 14.2 Å². The fourth-order valence-electron chi connectivity index (χ4n) is 3.07. The molecule has 0 aliphatic carbocycles. The first-order valence-electron chi connectivity index (χ1n) is 8.14. The number of rotatable bonds is 4. The van der Waals surface area contributed by atoms with Gasteiger partial charge >= 0.3 is 0 Å². The Balaban J connectivity index is 1.76. The van der Waals surface area contributed by atoms with Gasteiger partial charge in [0.05, 0.1) is 12.6 Å². The smallest absolute Gasteiger partial charge is 0.217 e. The number of benzene rings is 1. The summed E-state index contributed by atoms with van der Waals surface area (Å²) in [5.41, 5.74) is 0.569. The topological polar surface area (TPSA) is 77.0 Å². The third-order valence-corrected chi connectivity index (χ3v) is 5.20. The molecule has 2 aliphatic heterocycles. The Morgan fingerprint density at radius 2 is 2.08 bits per heavy atom. The Kier molecular flexibility index (Phi) is 5.78. The van der Waals surface area contributed by atoms with Crippen LogP contribution in [-0.4, -0.2) is 53.2 Å². The first kappa shape index (κ1) is 17.7. The lowest BCUT2D eigenvalue weighted by Gasteiger charge is -2.47. The fraction of sp³-hybridized carbons (Fsp3) is 0.588. The van der Waals surface area contributed by atoms with Gasteiger partial charge in [0.15, 0.2) is 6.29 Å². The lowest BCUT2D eigenvalue weighted by atomic mass is 9.96. The molecule has 7 heteroatoms. The van der Waals surface area contributed by atoms with Gasteiger partial charge in [0.25, 0.3) is 0 Å². The van der Waals surface area contributed by atoms with E-state index in [0.717, 1.165) is 11.3 Å². The van der Waals surface area contributed by atoms with Gasteiger partial charge in [0, 0.05) is 12.5 Å². The van der Waals surface area contributed by atoms with E-state index in [1.165, 1.54) is 6.92 Å². The SMILES string of the molecule is CCS[C@@H]1O[C@@H]2CO[C@@H](c3ccccc3)O[C@@H]2[C@@H](O)[C@@H]1NC(C)=O. The van der Waals surface area contributed by atoms with Crippen LogP contribution in [0.3, 0.4) is 0 Å². The largest absolute Gasteiger partial charge is 0.388 e. The second kappa shape index (κ2) is 7.84. The van der Waals surface area contributed by atoms with Crippen LogP contribution >= 0.6 is 11.8 Å². The van der Waals surface area contributed by atoms with Crippen LogP contribution in [0.4, 0.5) is 0 Å². The Labute approximate surface area is 145 Å². The van der Waals surface area contributed by atoms with Gasteiger partial charge < -0.3 is 24.6 Å². The molecule has 1 aromatic rings. The van der Waals surface area contributed by atoms with Crippen molar-refractivity contribution in [1.29, 1.82) is 0 Å². The first-order chi connectivity index (χ1) is 11.6. The van der Waals surface area contributed by atoms with Gasteiger partial charge in [0.1, 0.15) is 23.7 Å². The molecule has 0 aromatic heterocycles. The molecule has 1 aromatic carbocycles. The number of carbonyl (C=O) groups is 1. The number of hydrogen-bond acceptors (Lipinski definition) is 6. The number of aliphatic hydroxyl groups excluding tert-OH is 1. The van der Waals surface area contributed by atoms with Gasteiger partial charge in [0.2, 0.25) is 5.91 Å². The zero-order chi connectivity index (χ0) is 17.1. The Bertz CT molecular complexity index is 557. The number of aliphatic hydroxyl groups is 1. The van der Waals surface area contributed by atoms with E-state index >= 15 is 0 Å². The third kappa shape index (κ3) is 3.75. The maximum atomic E-state index is 11.5. The van der Waals surface area contributed by atoms with Crippen molar-refractivity contribution < 1.29 is 24.1 Å². The Morgan fingerprint density at radius 3 is 2.75 bits per heavy atom. The molecule has 2 heterocycles. The van der Waals surface area contributed by atoms with Gasteiger partial charge in [-0.3, -0.25) is 4.79 Å². The number of thioether (sulfide) groups is 1. The summed E-state index contributed by atoms with van der Waals surface area (Å²) in [5, 5.41) is 13.6. The van der Waals surface area contributed by atoms with Crippen LogP contribution in [0.5, 0.6) is 0 Å². The summed E-state index contributed by atoms with van der Waals surface area (Å²) in [4.78, 5) is 11.5. The standard InChI is InChI=1S/C17H23NO5S/c1-3-24-17-13(18-10(2)19)14(20)15-12(22-17)9-21-16(23-15)11-7-5-4-6-8-11/h4-8,12-17,20H,3,9H2,1-2H3,(H,18,19)/t12-,13+,14+,15+,16-,17+/m1/s1. The predicted octanol–water partition coefficient (Wildman–Crippen LogP) is 1.44. The van der Waals surface area contributed by atoms with E-state index in [2.05, 4.69) is 5.32 Å². The number of carbonyl (C=O) groups excluding carboxylic acids is 1. The van der Waals surface area contributed by atoms with Crippen LogP contribution in [-0.2, 0) is 19.0 Å². The molecule has 6 atom stereocenters. The van der Waals surface area contributed by atoms with Crippen molar-refractivity contribution in [3.05, 3.63) is 35.9 Å². The minimum absolute atomic E-state index is 0.200. The van der Waals surface area contributed by atoms with Gasteiger partial charge in [-0.2, -0.15) is 0 Å². The average molecular weight is 353 g/mol. The quantitative estimate of drug-likeness (QED) is 0.853. The molecular formula is C17H23NO5S. The van der Waals surface area contributed by atoms with Crippen molar-refractivity contribution in [2.75, 3.05) is 12.4 Å². The molecule has 0 saturated carbocycles. The number of fused-ring (bicyclic) bond motifs is 1. The monoisotopic (exact) mass is 353 g/mol. The lowest BCUT2D eigenvalue weighted by Crippen LogP contribution is -2.65. The van der Waals surface area contributed by atoms with E-state index in [1.807, 2.05) is 37.3 Å². The molecule has 2 fully saturated rings. The lowest BCUT2D eigenvalue weighted by molar-refractivity contribution is -0.306. The van der Waals surface area contributed by atoms with E-state index in [0.29, 0.717) is 6.61 Å². The van der Waals surface area contributed by atoms with Crippen molar-refractivity contribution in [1.82, 2.24) is 5.32 Å². The minimum atomic E-state index is -0.855. The summed E-state index contributed by atoms with van der Waals surface area (Å²) < 4.78 is 17.8. The molecule has 6 nitrogen and oxygen atoms in total. The summed E-state index contributed by atoms with van der Waals surface area (Å²) in [7, 11) is 0. The molecule has 2 saturated heterocycles. The van der Waals surface area contributed by atoms with E-state index < -0.39 is 24.5 Å². The highest BCUT2D eigenvalue weighted by molar-refractivity contribution is 7.99. The molecule has 1 amide bonds. The summed E-state index contributed by atoms with van der Waals surface area (Å²) in [6, 6.07) is 9.08. The predicted molar refractivity (Wildman–Crippen MR) is 90.4 cm³/mol. The summed E-state index contributed by atoms with van der Waals surface area (Å²) in [6.07, 6.45) is -2.30. The highest BCUT2D eigenvalue weighted by atomic mass is 32.2. The maximum Gasteiger partial charge on any atom is 0.217 e. The average Bonchev–Trinajstić information content (AvgIpc) is 2.59. The second-order valence-electron chi connectivity index (χ2n) is 5.89. The number of ether oxygens (including phenoxy) is 3. The van der Waals surface area contributed by atoms with E-state index in [1.54, 1.807) is 11.8 Å². The van der Waals surface area contributed by atoms with Crippen LogP contribution in [0.2, 0.25) is 0 Å². The second-order valence-corrected chi connectivity index (χ2v) is 7.27. The van der Waals surface area contributed by atoms with Crippen molar-refractivity contribution in [2.45, 2.75) is 49.9 Å². The molecule has 2 N–H and O–H groups in total. The molecule has 132 valence electrons. The summed E-state index contributed by atoms with van der Waals surface area (Å²) in [5.74, 6) is 0.619. The summed E-state index contributed by atoms with van der Waals surface area (Å²) >= 11 is 1.55. The van der Waals surface area contributed by atoms with E-state index in [9.17, 15) is 9.90 Å². The molecule has 3 rings (SSSR count). The Morgan fingerprint density at radius 1 is 1.33 bits per heavy atom. The van der Waals surface area contributed by atoms with Crippen molar-refractivity contribution in [3.8, 4) is 0 Å². The first-order valence-corrected chi connectivity index (χ1v) is 9.19. The van der Waals surface area contributed by atoms with Crippen LogP contribution in [0.15, 0.2) is 30.3 Å². The zero-order valence-electron chi connectivity index (χ0n) is 13.8. The van der Waals surface area contributed by atoms with Crippen LogP contribution in [0, 0.1) is 0 Å². The number of hydrogen-bond donors (Lipinski definition) is 2. The highest BCUT2D eigenvalue weighted by Gasteiger charge is 2.49. The van der Waals surface area contributed by atoms with Gasteiger partial charge in [-0.1, -0.05) is 37.3 Å². The maximum absolute atomic E-state index is 11.5. The molecule has 24 heavy (non-hydrogen) atoms. The normalized spacial score (nSPS) is 36.0. The van der Waals surface area contributed by atoms with Gasteiger partial charge in [-0.05, 0) is 5.75 Å². The summed E-state index contributed by atoms with van der Waals surface area (Å²) in [6.45, 7) is 3.79. The minimum Gasteiger partial charge on any atom is -0.388 e. The number of nitrogens with one attached hydrogen (secondary N) is 1. The van der Waals surface area contributed by atoms with Crippen molar-refractivity contribution in [2.24, 2.45) is 0 Å². The van der Waals surface area contributed by atoms with E-state index in [-0.39, 0.29) is 17.4 Å². The molecule has 0 unspecified atom stereocenters. The molecular weight excluding hydrogens is 330 g/mol. The van der Waals surface area contributed by atoms with Gasteiger partial charge in [-0.15, -0.1) is 11.8 Å². The third-order valence-electron chi connectivity index (χ3n) is 4.14. The molecule has 0 spiro atoms. The fourth-order valence-corrected chi connectivity index (χ4v) is 4.05. The zero-order valence-corrected chi connectivity index (χ0v) is 14.6. The Hall–Kier alpha value is -1.12. The van der Waals surface area contributed by atoms with Crippen LogP contribution in [0.1, 0.15) is 25.7 Å². The molecule has 2 aliphatic rings. The number of amides is 1. The highest BCUT2D eigenvalue weighted by Crippen LogP contribution is 2.36.